The quantitative estimate of drug-likeness (QED) is 0.752. The molecule has 2 aliphatic rings. The Bertz CT molecular complexity index is 400. The molecule has 4 heteroatoms. The first-order valence-corrected chi connectivity index (χ1v) is 5.94. The lowest BCUT2D eigenvalue weighted by Gasteiger charge is -2.23. The summed E-state index contributed by atoms with van der Waals surface area (Å²) < 4.78 is 19.0. The molecule has 1 aliphatic heterocycles. The van der Waals surface area contributed by atoms with Crippen LogP contribution < -0.4 is 5.32 Å². The topological polar surface area (TPSA) is 38.3 Å². The van der Waals surface area contributed by atoms with E-state index in [0.29, 0.717) is 12.5 Å². The van der Waals surface area contributed by atoms with Crippen LogP contribution in [0.4, 0.5) is 4.39 Å². The lowest BCUT2D eigenvalue weighted by molar-refractivity contribution is -0.149. The highest BCUT2D eigenvalue weighted by Crippen LogP contribution is 2.40. The van der Waals surface area contributed by atoms with Gasteiger partial charge in [-0.25, -0.2) is 9.18 Å². The number of esters is 1. The molecule has 0 aromatic rings. The van der Waals surface area contributed by atoms with E-state index in [4.69, 9.17) is 4.74 Å². The Balaban J connectivity index is 2.25. The number of carbonyl (C=O) groups is 1. The summed E-state index contributed by atoms with van der Waals surface area (Å²) in [4.78, 5) is 12.0. The number of dihydropyridines is 1. The lowest BCUT2D eigenvalue weighted by Crippen LogP contribution is -2.29. The van der Waals surface area contributed by atoms with Crippen LogP contribution >= 0.6 is 0 Å². The van der Waals surface area contributed by atoms with Gasteiger partial charge in [-0.15, -0.1) is 0 Å². The van der Waals surface area contributed by atoms with Gasteiger partial charge in [0.15, 0.2) is 5.83 Å². The average molecular weight is 239 g/mol. The monoisotopic (exact) mass is 239 g/mol. The van der Waals surface area contributed by atoms with Gasteiger partial charge >= 0.3 is 5.97 Å². The van der Waals surface area contributed by atoms with Crippen molar-refractivity contribution in [3.8, 4) is 0 Å². The Morgan fingerprint density at radius 1 is 1.47 bits per heavy atom. The van der Waals surface area contributed by atoms with E-state index in [2.05, 4.69) is 5.32 Å². The minimum Gasteiger partial charge on any atom is -0.456 e. The number of rotatable bonds is 2. The number of hydrogen-bond acceptors (Lipinski definition) is 3. The molecular formula is C13H18FNO2. The van der Waals surface area contributed by atoms with Gasteiger partial charge in [0.1, 0.15) is 5.60 Å². The number of halogens is 1. The molecular weight excluding hydrogens is 221 g/mol. The molecule has 94 valence electrons. The fraction of sp³-hybridized carbons (Fsp3) is 0.615. The van der Waals surface area contributed by atoms with E-state index < -0.39 is 17.4 Å². The second kappa shape index (κ2) is 4.17. The second-order valence-electron chi connectivity index (χ2n) is 5.55. The maximum absolute atomic E-state index is 13.8. The molecule has 0 bridgehead atoms. The van der Waals surface area contributed by atoms with Crippen LogP contribution in [0.3, 0.4) is 0 Å². The van der Waals surface area contributed by atoms with Crippen LogP contribution in [0, 0.1) is 5.92 Å². The van der Waals surface area contributed by atoms with Crippen LogP contribution in [0.5, 0.6) is 0 Å². The van der Waals surface area contributed by atoms with E-state index in [1.165, 1.54) is 6.20 Å². The van der Waals surface area contributed by atoms with Gasteiger partial charge in [0.05, 0.1) is 5.57 Å². The van der Waals surface area contributed by atoms with Crippen molar-refractivity contribution in [3.05, 3.63) is 23.2 Å². The normalized spacial score (nSPS) is 20.8. The first-order chi connectivity index (χ1) is 7.88. The molecule has 1 aliphatic carbocycles. The summed E-state index contributed by atoms with van der Waals surface area (Å²) in [6.45, 7) is 5.90. The SMILES string of the molecule is CC(C)(C)OC(=O)C1=C(C2CC2)CNC=C1F. The molecule has 0 aromatic carbocycles. The summed E-state index contributed by atoms with van der Waals surface area (Å²) >= 11 is 0. The molecule has 0 atom stereocenters. The summed E-state index contributed by atoms with van der Waals surface area (Å²) in [5, 5.41) is 2.85. The Hall–Kier alpha value is -1.32. The highest BCUT2D eigenvalue weighted by Gasteiger charge is 2.35. The van der Waals surface area contributed by atoms with Crippen LogP contribution in [0.15, 0.2) is 23.2 Å². The van der Waals surface area contributed by atoms with Gasteiger partial charge in [-0.2, -0.15) is 0 Å². The third-order valence-electron chi connectivity index (χ3n) is 2.75. The minimum atomic E-state index is -0.593. The second-order valence-corrected chi connectivity index (χ2v) is 5.55. The van der Waals surface area contributed by atoms with Crippen LogP contribution in [-0.4, -0.2) is 18.1 Å². The van der Waals surface area contributed by atoms with Crippen molar-refractivity contribution in [3.63, 3.8) is 0 Å². The van der Waals surface area contributed by atoms with E-state index in [1.807, 2.05) is 0 Å². The maximum atomic E-state index is 13.8. The molecule has 1 fully saturated rings. The van der Waals surface area contributed by atoms with E-state index in [-0.39, 0.29) is 5.57 Å². The average Bonchev–Trinajstić information content (AvgIpc) is 2.96. The van der Waals surface area contributed by atoms with Gasteiger partial charge in [0, 0.05) is 12.7 Å². The summed E-state index contributed by atoms with van der Waals surface area (Å²) in [6.07, 6.45) is 3.32. The van der Waals surface area contributed by atoms with Gasteiger partial charge < -0.3 is 10.1 Å². The Morgan fingerprint density at radius 2 is 2.12 bits per heavy atom. The zero-order valence-electron chi connectivity index (χ0n) is 10.5. The number of ether oxygens (including phenoxy) is 1. The van der Waals surface area contributed by atoms with Crippen molar-refractivity contribution < 1.29 is 13.9 Å². The van der Waals surface area contributed by atoms with Crippen molar-refractivity contribution in [2.24, 2.45) is 5.92 Å². The Morgan fingerprint density at radius 3 is 2.65 bits per heavy atom. The van der Waals surface area contributed by atoms with Crippen molar-refractivity contribution in [1.29, 1.82) is 0 Å². The molecule has 0 amide bonds. The van der Waals surface area contributed by atoms with Gasteiger partial charge in [-0.05, 0) is 45.1 Å². The third kappa shape index (κ3) is 2.87. The molecule has 0 spiro atoms. The summed E-state index contributed by atoms with van der Waals surface area (Å²) in [7, 11) is 0. The maximum Gasteiger partial charge on any atom is 0.341 e. The summed E-state index contributed by atoms with van der Waals surface area (Å²) in [5.74, 6) is -0.702. The summed E-state index contributed by atoms with van der Waals surface area (Å²) in [6, 6.07) is 0. The smallest absolute Gasteiger partial charge is 0.341 e. The Kier molecular flexibility index (Phi) is 2.98. The van der Waals surface area contributed by atoms with E-state index in [0.717, 1.165) is 18.4 Å². The Labute approximate surface area is 101 Å². The van der Waals surface area contributed by atoms with Gasteiger partial charge in [-0.3, -0.25) is 0 Å². The fourth-order valence-corrected chi connectivity index (χ4v) is 1.90. The van der Waals surface area contributed by atoms with E-state index in [1.54, 1.807) is 20.8 Å². The largest absolute Gasteiger partial charge is 0.456 e. The first-order valence-electron chi connectivity index (χ1n) is 5.94. The number of nitrogens with one attached hydrogen (secondary N) is 1. The molecule has 1 saturated carbocycles. The van der Waals surface area contributed by atoms with Crippen molar-refractivity contribution in [2.75, 3.05) is 6.54 Å². The fourth-order valence-electron chi connectivity index (χ4n) is 1.90. The minimum absolute atomic E-state index is 0.140. The molecule has 2 rings (SSSR count). The van der Waals surface area contributed by atoms with E-state index >= 15 is 0 Å². The molecule has 17 heavy (non-hydrogen) atoms. The van der Waals surface area contributed by atoms with Gasteiger partial charge in [0.25, 0.3) is 0 Å². The predicted molar refractivity (Wildman–Crippen MR) is 62.8 cm³/mol. The first kappa shape index (κ1) is 12.1. The van der Waals surface area contributed by atoms with Crippen LogP contribution in [0.25, 0.3) is 0 Å². The molecule has 1 N–H and O–H groups in total. The zero-order chi connectivity index (χ0) is 12.6. The van der Waals surface area contributed by atoms with Crippen LogP contribution in [0.2, 0.25) is 0 Å². The van der Waals surface area contributed by atoms with Gasteiger partial charge in [0.2, 0.25) is 0 Å². The highest BCUT2D eigenvalue weighted by atomic mass is 19.1. The lowest BCUT2D eigenvalue weighted by atomic mass is 10.00. The highest BCUT2D eigenvalue weighted by molar-refractivity contribution is 5.94. The van der Waals surface area contributed by atoms with Crippen LogP contribution in [0.1, 0.15) is 33.6 Å². The standard InChI is InChI=1S/C13H18FNO2/c1-13(2,3)17-12(16)11-9(8-4-5-8)6-15-7-10(11)14/h7-8,15H,4-6H2,1-3H3. The molecule has 0 saturated heterocycles. The van der Waals surface area contributed by atoms with Crippen molar-refractivity contribution in [1.82, 2.24) is 5.32 Å². The molecule has 0 radical (unpaired) electrons. The molecule has 1 heterocycles. The number of carbonyl (C=O) groups excluding carboxylic acids is 1. The molecule has 0 aromatic heterocycles. The molecule has 0 unspecified atom stereocenters. The van der Waals surface area contributed by atoms with Crippen molar-refractivity contribution in [2.45, 2.75) is 39.2 Å². The van der Waals surface area contributed by atoms with Crippen LogP contribution in [-0.2, 0) is 9.53 Å². The predicted octanol–water partition coefficient (Wildman–Crippen LogP) is 2.45. The zero-order valence-corrected chi connectivity index (χ0v) is 10.5. The molecule has 3 nitrogen and oxygen atoms in total. The summed E-state index contributed by atoms with van der Waals surface area (Å²) in [5.41, 5.74) is 0.407. The van der Waals surface area contributed by atoms with Crippen molar-refractivity contribution >= 4 is 5.97 Å². The third-order valence-corrected chi connectivity index (χ3v) is 2.75. The van der Waals surface area contributed by atoms with Gasteiger partial charge in [-0.1, -0.05) is 0 Å². The van der Waals surface area contributed by atoms with E-state index in [9.17, 15) is 9.18 Å². The number of hydrogen-bond donors (Lipinski definition) is 1.